The molecule has 0 rings (SSSR count). The number of carbonyl (C=O) groups is 3. The average molecular weight is 439 g/mol. The zero-order valence-corrected chi connectivity index (χ0v) is 20.0. The molecule has 7 heteroatoms. The summed E-state index contributed by atoms with van der Waals surface area (Å²) in [6.45, 7) is 11.3. The molecule has 2 amide bonds. The van der Waals surface area contributed by atoms with Crippen molar-refractivity contribution in [3.05, 3.63) is 34.9 Å². The molecule has 6 nitrogen and oxygen atoms in total. The standard InChI is InChI=1S/C23H38N2O4S/c1-16(2)9-7-10-17(3)11-8-12-18(4)13-14-30-15-21(23(28)29)25-22(27)19(5)24-20(6)26/h9,11,13,19,21H,7-8,10,12,14-15H2,1-6H3,(H,24,26)(H,25,27)(H,28,29)/t19-,21-/m0/s1. The van der Waals surface area contributed by atoms with Crippen molar-refractivity contribution < 1.29 is 19.5 Å². The van der Waals surface area contributed by atoms with Gasteiger partial charge in [-0.3, -0.25) is 9.59 Å². The van der Waals surface area contributed by atoms with Crippen LogP contribution >= 0.6 is 11.8 Å². The highest BCUT2D eigenvalue weighted by Crippen LogP contribution is 2.13. The van der Waals surface area contributed by atoms with E-state index in [4.69, 9.17) is 0 Å². The maximum absolute atomic E-state index is 12.0. The van der Waals surface area contributed by atoms with Crippen LogP contribution < -0.4 is 10.6 Å². The number of carboxylic acid groups (broad SMARTS) is 1. The third kappa shape index (κ3) is 14.9. The lowest BCUT2D eigenvalue weighted by Crippen LogP contribution is -2.50. The minimum atomic E-state index is -1.08. The molecule has 0 radical (unpaired) electrons. The summed E-state index contributed by atoms with van der Waals surface area (Å²) >= 11 is 1.46. The van der Waals surface area contributed by atoms with Crippen molar-refractivity contribution in [3.8, 4) is 0 Å². The second-order valence-corrected chi connectivity index (χ2v) is 8.89. The summed E-state index contributed by atoms with van der Waals surface area (Å²) in [5, 5.41) is 14.2. The van der Waals surface area contributed by atoms with Gasteiger partial charge in [0.2, 0.25) is 11.8 Å². The van der Waals surface area contributed by atoms with E-state index in [1.54, 1.807) is 0 Å². The van der Waals surface area contributed by atoms with E-state index in [2.05, 4.69) is 56.6 Å². The van der Waals surface area contributed by atoms with E-state index in [9.17, 15) is 19.5 Å². The van der Waals surface area contributed by atoms with Crippen LogP contribution in [0.1, 0.15) is 67.2 Å². The van der Waals surface area contributed by atoms with Gasteiger partial charge in [-0.15, -0.1) is 0 Å². The molecule has 170 valence electrons. The first-order valence-electron chi connectivity index (χ1n) is 10.4. The zero-order chi connectivity index (χ0) is 23.1. The van der Waals surface area contributed by atoms with Gasteiger partial charge < -0.3 is 15.7 Å². The van der Waals surface area contributed by atoms with E-state index in [-0.39, 0.29) is 11.7 Å². The molecule has 0 spiro atoms. The van der Waals surface area contributed by atoms with Crippen LogP contribution in [0, 0.1) is 0 Å². The van der Waals surface area contributed by atoms with Crippen molar-refractivity contribution in [2.45, 2.75) is 79.3 Å². The van der Waals surface area contributed by atoms with Crippen molar-refractivity contribution in [3.63, 3.8) is 0 Å². The van der Waals surface area contributed by atoms with Gasteiger partial charge in [-0.25, -0.2) is 4.79 Å². The molecule has 0 saturated carbocycles. The van der Waals surface area contributed by atoms with Crippen LogP contribution in [0.5, 0.6) is 0 Å². The molecule has 2 atom stereocenters. The summed E-state index contributed by atoms with van der Waals surface area (Å²) in [6, 6.07) is -1.76. The smallest absolute Gasteiger partial charge is 0.327 e. The van der Waals surface area contributed by atoms with E-state index < -0.39 is 24.0 Å². The van der Waals surface area contributed by atoms with Gasteiger partial charge >= 0.3 is 5.97 Å². The molecular weight excluding hydrogens is 400 g/mol. The number of hydrogen-bond donors (Lipinski definition) is 3. The Morgan fingerprint density at radius 2 is 1.47 bits per heavy atom. The van der Waals surface area contributed by atoms with E-state index >= 15 is 0 Å². The second-order valence-electron chi connectivity index (χ2n) is 7.82. The van der Waals surface area contributed by atoms with Gasteiger partial charge in [0.05, 0.1) is 0 Å². The minimum absolute atomic E-state index is 0.265. The molecule has 30 heavy (non-hydrogen) atoms. The third-order valence-corrected chi connectivity index (χ3v) is 5.36. The lowest BCUT2D eigenvalue weighted by molar-refractivity contribution is -0.141. The van der Waals surface area contributed by atoms with Crippen molar-refractivity contribution in [1.82, 2.24) is 10.6 Å². The van der Waals surface area contributed by atoms with Crippen LogP contribution in [0.4, 0.5) is 0 Å². The van der Waals surface area contributed by atoms with E-state index in [1.165, 1.54) is 42.3 Å². The molecule has 0 aliphatic heterocycles. The molecule has 0 fully saturated rings. The maximum atomic E-state index is 12.0. The van der Waals surface area contributed by atoms with Gasteiger partial charge in [0, 0.05) is 18.4 Å². The van der Waals surface area contributed by atoms with Gasteiger partial charge in [-0.2, -0.15) is 11.8 Å². The van der Waals surface area contributed by atoms with E-state index in [1.807, 2.05) is 0 Å². The van der Waals surface area contributed by atoms with Crippen LogP contribution in [0.3, 0.4) is 0 Å². The minimum Gasteiger partial charge on any atom is -0.480 e. The molecular formula is C23H38N2O4S. The van der Waals surface area contributed by atoms with Crippen LogP contribution in [-0.4, -0.2) is 46.5 Å². The molecule has 0 bridgehead atoms. The van der Waals surface area contributed by atoms with Gasteiger partial charge in [-0.1, -0.05) is 34.9 Å². The van der Waals surface area contributed by atoms with Gasteiger partial charge in [0.25, 0.3) is 0 Å². The first kappa shape index (κ1) is 28.0. The predicted molar refractivity (Wildman–Crippen MR) is 126 cm³/mol. The number of nitrogens with one attached hydrogen (secondary N) is 2. The fourth-order valence-corrected chi connectivity index (χ4v) is 3.57. The Morgan fingerprint density at radius 3 is 2.00 bits per heavy atom. The molecule has 0 heterocycles. The maximum Gasteiger partial charge on any atom is 0.327 e. The summed E-state index contributed by atoms with van der Waals surface area (Å²) in [5.41, 5.74) is 4.03. The SMILES string of the molecule is CC(=O)N[C@@H](C)C(=O)N[C@@H](CSCC=C(C)CCC=C(C)CCC=C(C)C)C(=O)O. The first-order valence-corrected chi connectivity index (χ1v) is 11.5. The molecule has 0 unspecified atom stereocenters. The van der Waals surface area contributed by atoms with Crippen LogP contribution in [0.2, 0.25) is 0 Å². The zero-order valence-electron chi connectivity index (χ0n) is 19.2. The number of carboxylic acids is 1. The molecule has 0 aliphatic carbocycles. The third-order valence-electron chi connectivity index (χ3n) is 4.38. The Hall–Kier alpha value is -2.02. The highest BCUT2D eigenvalue weighted by Gasteiger charge is 2.23. The normalized spacial score (nSPS) is 13.9. The Kier molecular flexibility index (Phi) is 14.7. The van der Waals surface area contributed by atoms with Crippen molar-refractivity contribution in [1.29, 1.82) is 0 Å². The molecule has 0 aromatic rings. The Bertz CT molecular complexity index is 664. The lowest BCUT2D eigenvalue weighted by Gasteiger charge is -2.17. The largest absolute Gasteiger partial charge is 0.480 e. The molecule has 0 saturated heterocycles. The predicted octanol–water partition coefficient (Wildman–Crippen LogP) is 4.23. The second kappa shape index (κ2) is 15.8. The van der Waals surface area contributed by atoms with Gasteiger partial charge in [-0.05, 0) is 60.3 Å². The van der Waals surface area contributed by atoms with Crippen molar-refractivity contribution in [2.24, 2.45) is 0 Å². The van der Waals surface area contributed by atoms with Gasteiger partial charge in [0.1, 0.15) is 12.1 Å². The fraction of sp³-hybridized carbons (Fsp3) is 0.609. The number of thioether (sulfide) groups is 1. The molecule has 3 N–H and O–H groups in total. The number of allylic oxidation sites excluding steroid dienone is 5. The Balaban J connectivity index is 4.31. The summed E-state index contributed by atoms with van der Waals surface area (Å²) in [6.07, 6.45) is 10.8. The molecule has 0 aliphatic rings. The number of carbonyl (C=O) groups excluding carboxylic acids is 2. The van der Waals surface area contributed by atoms with E-state index in [0.717, 1.165) is 25.7 Å². The number of rotatable bonds is 14. The van der Waals surface area contributed by atoms with Gasteiger partial charge in [0.15, 0.2) is 0 Å². The van der Waals surface area contributed by atoms with Crippen LogP contribution in [0.15, 0.2) is 34.9 Å². The summed E-state index contributed by atoms with van der Waals surface area (Å²) in [4.78, 5) is 34.4. The topological polar surface area (TPSA) is 95.5 Å². The first-order chi connectivity index (χ1) is 14.0. The van der Waals surface area contributed by atoms with Crippen molar-refractivity contribution >= 4 is 29.5 Å². The summed E-state index contributed by atoms with van der Waals surface area (Å²) < 4.78 is 0. The van der Waals surface area contributed by atoms with Crippen LogP contribution in [-0.2, 0) is 14.4 Å². The Morgan fingerprint density at radius 1 is 0.900 bits per heavy atom. The highest BCUT2D eigenvalue weighted by atomic mass is 32.2. The van der Waals surface area contributed by atoms with Crippen molar-refractivity contribution in [2.75, 3.05) is 11.5 Å². The average Bonchev–Trinajstić information content (AvgIpc) is 2.62. The van der Waals surface area contributed by atoms with E-state index in [0.29, 0.717) is 5.75 Å². The summed E-state index contributed by atoms with van der Waals surface area (Å²) in [5.74, 6) is -0.966. The number of amides is 2. The highest BCUT2D eigenvalue weighted by molar-refractivity contribution is 7.99. The number of aliphatic carboxylic acids is 1. The number of hydrogen-bond acceptors (Lipinski definition) is 4. The summed E-state index contributed by atoms with van der Waals surface area (Å²) in [7, 11) is 0. The monoisotopic (exact) mass is 438 g/mol. The fourth-order valence-electron chi connectivity index (χ4n) is 2.57. The Labute approximate surface area is 185 Å². The molecule has 0 aromatic heterocycles. The molecule has 0 aromatic carbocycles. The van der Waals surface area contributed by atoms with Crippen LogP contribution in [0.25, 0.3) is 0 Å². The lowest BCUT2D eigenvalue weighted by atomic mass is 10.1. The quantitative estimate of drug-likeness (QED) is 0.279.